The summed E-state index contributed by atoms with van der Waals surface area (Å²) >= 11 is 0. The van der Waals surface area contributed by atoms with Crippen molar-refractivity contribution in [2.24, 2.45) is 0 Å². The molecule has 0 aliphatic heterocycles. The summed E-state index contributed by atoms with van der Waals surface area (Å²) in [7, 11) is 3.27. The van der Waals surface area contributed by atoms with E-state index in [1.807, 2.05) is 0 Å². The van der Waals surface area contributed by atoms with Crippen LogP contribution in [0.15, 0.2) is 16.7 Å². The molecule has 0 aliphatic rings. The molecule has 0 N–H and O–H groups in total. The zero-order chi connectivity index (χ0) is 11.6. The van der Waals surface area contributed by atoms with Gasteiger partial charge in [-0.2, -0.15) is 0 Å². The van der Waals surface area contributed by atoms with Crippen molar-refractivity contribution in [1.29, 1.82) is 0 Å². The predicted octanol–water partition coefficient (Wildman–Crippen LogP) is 1.35. The third-order valence-corrected chi connectivity index (χ3v) is 2.30. The van der Waals surface area contributed by atoms with E-state index in [1.54, 1.807) is 27.1 Å². The molecule has 1 atom stereocenters. The van der Waals surface area contributed by atoms with Crippen LogP contribution in [0.4, 0.5) is 0 Å². The first-order valence-electron chi connectivity index (χ1n) is 4.70. The molecule has 0 fully saturated rings. The molecule has 0 saturated carbocycles. The summed E-state index contributed by atoms with van der Waals surface area (Å²) in [4.78, 5) is 24.7. The monoisotopic (exact) mass is 209 g/mol. The first kappa shape index (κ1) is 11.5. The van der Waals surface area contributed by atoms with Crippen molar-refractivity contribution in [1.82, 2.24) is 4.90 Å². The van der Waals surface area contributed by atoms with Crippen LogP contribution in [0.25, 0.3) is 0 Å². The van der Waals surface area contributed by atoms with E-state index in [0.29, 0.717) is 11.3 Å². The normalized spacial score (nSPS) is 12.3. The number of rotatable bonds is 3. The number of hydrogen-bond acceptors (Lipinski definition) is 3. The highest BCUT2D eigenvalue weighted by molar-refractivity contribution is 6.05. The Bertz CT molecular complexity index is 379. The first-order chi connectivity index (χ1) is 6.95. The predicted molar refractivity (Wildman–Crippen MR) is 55.6 cm³/mol. The van der Waals surface area contributed by atoms with Crippen molar-refractivity contribution in [2.75, 3.05) is 14.1 Å². The van der Waals surface area contributed by atoms with E-state index in [4.69, 9.17) is 4.42 Å². The molecule has 4 nitrogen and oxygen atoms in total. The number of aryl methyl sites for hydroxylation is 1. The van der Waals surface area contributed by atoms with E-state index in [1.165, 1.54) is 18.1 Å². The third kappa shape index (κ3) is 2.26. The van der Waals surface area contributed by atoms with E-state index in [-0.39, 0.29) is 11.7 Å². The standard InChI is InChI=1S/C11H15NO3/c1-7(13)10(11(14)12(3)4)9-5-6-15-8(9)2/h5-6,10H,1-4H3. The number of furan rings is 1. The highest BCUT2D eigenvalue weighted by Crippen LogP contribution is 2.23. The van der Waals surface area contributed by atoms with Gasteiger partial charge < -0.3 is 9.32 Å². The van der Waals surface area contributed by atoms with Gasteiger partial charge in [-0.25, -0.2) is 0 Å². The van der Waals surface area contributed by atoms with Gasteiger partial charge in [0, 0.05) is 19.7 Å². The number of amides is 1. The van der Waals surface area contributed by atoms with Gasteiger partial charge in [-0.1, -0.05) is 0 Å². The van der Waals surface area contributed by atoms with Crippen molar-refractivity contribution >= 4 is 11.7 Å². The average molecular weight is 209 g/mol. The van der Waals surface area contributed by atoms with Crippen LogP contribution < -0.4 is 0 Å². The van der Waals surface area contributed by atoms with Gasteiger partial charge in [0.1, 0.15) is 17.5 Å². The average Bonchev–Trinajstić information content (AvgIpc) is 2.52. The number of carbonyl (C=O) groups excluding carboxylic acids is 2. The summed E-state index contributed by atoms with van der Waals surface area (Å²) in [5.74, 6) is -0.505. The minimum atomic E-state index is -0.737. The fraction of sp³-hybridized carbons (Fsp3) is 0.455. The highest BCUT2D eigenvalue weighted by Gasteiger charge is 2.29. The summed E-state index contributed by atoms with van der Waals surface area (Å²) in [5.41, 5.74) is 0.654. The molecule has 0 aliphatic carbocycles. The fourth-order valence-electron chi connectivity index (χ4n) is 1.48. The van der Waals surface area contributed by atoms with Crippen LogP contribution >= 0.6 is 0 Å². The molecule has 1 amide bonds. The van der Waals surface area contributed by atoms with Gasteiger partial charge in [0.25, 0.3) is 0 Å². The van der Waals surface area contributed by atoms with Crippen LogP contribution in [-0.4, -0.2) is 30.7 Å². The number of hydrogen-bond donors (Lipinski definition) is 0. The van der Waals surface area contributed by atoms with Gasteiger partial charge in [-0.15, -0.1) is 0 Å². The Kier molecular flexibility index (Phi) is 3.29. The van der Waals surface area contributed by atoms with Crippen LogP contribution in [-0.2, 0) is 9.59 Å². The molecule has 1 unspecified atom stereocenters. The molecule has 1 heterocycles. The second-order valence-corrected chi connectivity index (χ2v) is 3.71. The molecule has 0 saturated heterocycles. The summed E-state index contributed by atoms with van der Waals surface area (Å²) in [6.45, 7) is 3.16. The second kappa shape index (κ2) is 4.29. The molecule has 0 bridgehead atoms. The summed E-state index contributed by atoms with van der Waals surface area (Å²) in [6.07, 6.45) is 1.49. The van der Waals surface area contributed by atoms with Gasteiger partial charge >= 0.3 is 0 Å². The molecule has 0 radical (unpaired) electrons. The molecule has 4 heteroatoms. The summed E-state index contributed by atoms with van der Waals surface area (Å²) in [6, 6.07) is 1.67. The minimum absolute atomic E-state index is 0.168. The first-order valence-corrected chi connectivity index (χ1v) is 4.70. The maximum absolute atomic E-state index is 11.8. The topological polar surface area (TPSA) is 50.5 Å². The highest BCUT2D eigenvalue weighted by atomic mass is 16.3. The van der Waals surface area contributed by atoms with Crippen molar-refractivity contribution in [2.45, 2.75) is 19.8 Å². The van der Waals surface area contributed by atoms with Crippen LogP contribution in [0.5, 0.6) is 0 Å². The van der Waals surface area contributed by atoms with E-state index in [0.717, 1.165) is 0 Å². The van der Waals surface area contributed by atoms with Gasteiger partial charge in [0.2, 0.25) is 5.91 Å². The largest absolute Gasteiger partial charge is 0.469 e. The Morgan fingerprint density at radius 2 is 2.00 bits per heavy atom. The molecule has 0 aromatic carbocycles. The minimum Gasteiger partial charge on any atom is -0.469 e. The lowest BCUT2D eigenvalue weighted by Crippen LogP contribution is -2.32. The lowest BCUT2D eigenvalue weighted by Gasteiger charge is -2.17. The smallest absolute Gasteiger partial charge is 0.237 e. The quantitative estimate of drug-likeness (QED) is 0.706. The lowest BCUT2D eigenvalue weighted by molar-refractivity contribution is -0.135. The number of ketones is 1. The van der Waals surface area contributed by atoms with Gasteiger partial charge in [0.05, 0.1) is 6.26 Å². The SMILES string of the molecule is CC(=O)C(C(=O)N(C)C)c1ccoc1C. The second-order valence-electron chi connectivity index (χ2n) is 3.71. The van der Waals surface area contributed by atoms with Gasteiger partial charge in [-0.05, 0) is 19.9 Å². The lowest BCUT2D eigenvalue weighted by atomic mass is 9.94. The maximum Gasteiger partial charge on any atom is 0.237 e. The summed E-state index contributed by atoms with van der Waals surface area (Å²) in [5, 5.41) is 0. The van der Waals surface area contributed by atoms with Crippen LogP contribution in [0.3, 0.4) is 0 Å². The number of nitrogens with zero attached hydrogens (tertiary/aromatic N) is 1. The molecular weight excluding hydrogens is 194 g/mol. The maximum atomic E-state index is 11.8. The van der Waals surface area contributed by atoms with Gasteiger partial charge in [0.15, 0.2) is 0 Å². The Morgan fingerprint density at radius 3 is 2.33 bits per heavy atom. The number of Topliss-reactive ketones (excluding diaryl/α,β-unsaturated/α-hetero) is 1. The van der Waals surface area contributed by atoms with E-state index < -0.39 is 5.92 Å². The third-order valence-electron chi connectivity index (χ3n) is 2.30. The van der Waals surface area contributed by atoms with Gasteiger partial charge in [-0.3, -0.25) is 9.59 Å². The van der Waals surface area contributed by atoms with Crippen molar-refractivity contribution in [3.05, 3.63) is 23.7 Å². The molecule has 1 rings (SSSR count). The van der Waals surface area contributed by atoms with E-state index in [2.05, 4.69) is 0 Å². The van der Waals surface area contributed by atoms with Crippen molar-refractivity contribution < 1.29 is 14.0 Å². The zero-order valence-corrected chi connectivity index (χ0v) is 9.40. The van der Waals surface area contributed by atoms with Crippen molar-refractivity contribution in [3.8, 4) is 0 Å². The molecular formula is C11H15NO3. The zero-order valence-electron chi connectivity index (χ0n) is 9.40. The van der Waals surface area contributed by atoms with Crippen molar-refractivity contribution in [3.63, 3.8) is 0 Å². The Balaban J connectivity index is 3.10. The molecule has 1 aromatic rings. The van der Waals surface area contributed by atoms with E-state index in [9.17, 15) is 9.59 Å². The number of likely N-dealkylation sites (N-methyl/N-ethyl adjacent to an activating group) is 1. The van der Waals surface area contributed by atoms with Crippen LogP contribution in [0, 0.1) is 6.92 Å². The Labute approximate surface area is 88.9 Å². The molecule has 1 aromatic heterocycles. The van der Waals surface area contributed by atoms with E-state index >= 15 is 0 Å². The molecule has 0 spiro atoms. The number of carbonyl (C=O) groups is 2. The summed E-state index contributed by atoms with van der Waals surface area (Å²) < 4.78 is 5.10. The van der Waals surface area contributed by atoms with Crippen LogP contribution in [0.2, 0.25) is 0 Å². The molecule has 82 valence electrons. The Morgan fingerprint density at radius 1 is 1.40 bits per heavy atom. The fourth-order valence-corrected chi connectivity index (χ4v) is 1.48. The molecule has 15 heavy (non-hydrogen) atoms. The van der Waals surface area contributed by atoms with Crippen LogP contribution in [0.1, 0.15) is 24.2 Å². The Hall–Kier alpha value is -1.58.